The van der Waals surface area contributed by atoms with Gasteiger partial charge in [0, 0.05) is 6.54 Å². The van der Waals surface area contributed by atoms with Gasteiger partial charge in [-0.2, -0.15) is 9.97 Å². The Morgan fingerprint density at radius 2 is 2.08 bits per heavy atom. The fourth-order valence-electron chi connectivity index (χ4n) is 2.18. The highest BCUT2D eigenvalue weighted by Gasteiger charge is 2.18. The van der Waals surface area contributed by atoms with Crippen LogP contribution in [0.15, 0.2) is 17.5 Å². The number of fused-ring (bicyclic) bond motifs is 1. The van der Waals surface area contributed by atoms with Crippen LogP contribution >= 0.6 is 18.9 Å². The highest BCUT2D eigenvalue weighted by atomic mass is 32.1. The Labute approximate surface area is 140 Å². The van der Waals surface area contributed by atoms with E-state index in [-0.39, 0.29) is 24.9 Å². The molecule has 0 atom stereocenters. The topological polar surface area (TPSA) is 162 Å². The van der Waals surface area contributed by atoms with Crippen LogP contribution in [0.25, 0.3) is 21.9 Å². The molecule has 0 bridgehead atoms. The minimum atomic E-state index is -4.21. The van der Waals surface area contributed by atoms with Gasteiger partial charge in [-0.3, -0.25) is 4.57 Å². The average molecular weight is 370 g/mol. The van der Waals surface area contributed by atoms with E-state index in [0.29, 0.717) is 17.0 Å². The molecule has 0 aliphatic carbocycles. The number of ether oxygens (including phenoxy) is 1. The number of rotatable bonds is 6. The molecule has 10 nitrogen and oxygen atoms in total. The summed E-state index contributed by atoms with van der Waals surface area (Å²) >= 11 is 1.49. The monoisotopic (exact) mass is 370 g/mol. The van der Waals surface area contributed by atoms with E-state index in [1.165, 1.54) is 11.3 Å². The molecule has 0 amide bonds. The van der Waals surface area contributed by atoms with Gasteiger partial charge in [-0.15, -0.1) is 11.3 Å². The molecule has 0 spiro atoms. The summed E-state index contributed by atoms with van der Waals surface area (Å²) in [6, 6.07) is 3.78. The van der Waals surface area contributed by atoms with Crippen LogP contribution in [0.1, 0.15) is 0 Å². The zero-order chi connectivity index (χ0) is 17.3. The number of aromatic nitrogens is 4. The van der Waals surface area contributed by atoms with Gasteiger partial charge in [0.1, 0.15) is 6.35 Å². The number of hydrogen-bond donors (Lipinski definition) is 4. The molecule has 0 aliphatic rings. The summed E-state index contributed by atoms with van der Waals surface area (Å²) < 4.78 is 17.6. The number of nitrogens with two attached hydrogens (primary N) is 2. The van der Waals surface area contributed by atoms with E-state index < -0.39 is 13.9 Å². The van der Waals surface area contributed by atoms with Gasteiger partial charge in [-0.05, 0) is 11.4 Å². The lowest BCUT2D eigenvalue weighted by Gasteiger charge is -2.09. The molecule has 0 radical (unpaired) electrons. The Hall–Kier alpha value is -2.04. The number of anilines is 2. The Morgan fingerprint density at radius 1 is 1.29 bits per heavy atom. The van der Waals surface area contributed by atoms with Gasteiger partial charge in [-0.25, -0.2) is 4.98 Å². The van der Waals surface area contributed by atoms with Crippen LogP contribution in [0.2, 0.25) is 0 Å². The van der Waals surface area contributed by atoms with Crippen molar-refractivity contribution in [3.8, 4) is 10.7 Å². The van der Waals surface area contributed by atoms with Crippen LogP contribution in [-0.4, -0.2) is 42.3 Å². The predicted octanol–water partition coefficient (Wildman–Crippen LogP) is 0.871. The summed E-state index contributed by atoms with van der Waals surface area (Å²) in [7, 11) is -4.21. The number of nitrogens with zero attached hydrogens (tertiary/aromatic N) is 4. The first-order valence-corrected chi connectivity index (χ1v) is 9.48. The fraction of sp³-hybridized carbons (Fsp3) is 0.250. The molecular weight excluding hydrogens is 355 g/mol. The van der Waals surface area contributed by atoms with Crippen LogP contribution in [0.3, 0.4) is 0 Å². The molecule has 3 heterocycles. The lowest BCUT2D eigenvalue weighted by Crippen LogP contribution is -2.09. The molecule has 3 aromatic heterocycles. The SMILES string of the molecule is Nc1nc(N)c2nc(-c3cccs3)n(CCOCP(=O)(O)O)c2n1. The molecule has 128 valence electrons. The third kappa shape index (κ3) is 3.55. The maximum absolute atomic E-state index is 10.8. The van der Waals surface area contributed by atoms with Crippen LogP contribution in [0, 0.1) is 0 Å². The van der Waals surface area contributed by atoms with E-state index in [1.807, 2.05) is 17.5 Å². The van der Waals surface area contributed by atoms with Crippen LogP contribution in [0.4, 0.5) is 11.8 Å². The van der Waals surface area contributed by atoms with Crippen molar-refractivity contribution in [3.63, 3.8) is 0 Å². The standard InChI is InChI=1S/C12H15N6O4PS/c13-9-8-11(17-12(14)16-9)18(3-4-22-6-23(19,20)21)10(15-8)7-2-1-5-24-7/h1-2,5H,3-4,6H2,(H2,19,20,21)(H4,13,14,16,17). The molecule has 12 heteroatoms. The van der Waals surface area contributed by atoms with Crippen LogP contribution < -0.4 is 11.5 Å². The van der Waals surface area contributed by atoms with E-state index in [1.54, 1.807) is 4.57 Å². The van der Waals surface area contributed by atoms with E-state index in [0.717, 1.165) is 4.88 Å². The average Bonchev–Trinajstić information content (AvgIpc) is 3.10. The third-order valence-corrected chi connectivity index (χ3v) is 4.48. The van der Waals surface area contributed by atoms with Crippen molar-refractivity contribution < 1.29 is 19.1 Å². The minimum Gasteiger partial charge on any atom is -0.382 e. The van der Waals surface area contributed by atoms with E-state index in [9.17, 15) is 4.57 Å². The van der Waals surface area contributed by atoms with Crippen LogP contribution in [-0.2, 0) is 15.8 Å². The zero-order valence-corrected chi connectivity index (χ0v) is 14.1. The molecule has 24 heavy (non-hydrogen) atoms. The molecule has 3 aromatic rings. The van der Waals surface area contributed by atoms with Crippen molar-refractivity contribution in [2.45, 2.75) is 6.54 Å². The summed E-state index contributed by atoms with van der Waals surface area (Å²) in [5.74, 6) is 0.812. The Morgan fingerprint density at radius 3 is 2.75 bits per heavy atom. The largest absolute Gasteiger partial charge is 0.382 e. The fourth-order valence-corrected chi connectivity index (χ4v) is 3.27. The van der Waals surface area contributed by atoms with E-state index >= 15 is 0 Å². The van der Waals surface area contributed by atoms with Crippen molar-refractivity contribution in [2.24, 2.45) is 0 Å². The molecule has 0 aromatic carbocycles. The Balaban J connectivity index is 1.97. The second-order valence-electron chi connectivity index (χ2n) is 4.91. The number of thiophene rings is 1. The van der Waals surface area contributed by atoms with Gasteiger partial charge in [-0.1, -0.05) is 6.07 Å². The molecule has 0 unspecified atom stereocenters. The highest BCUT2D eigenvalue weighted by molar-refractivity contribution is 7.51. The summed E-state index contributed by atoms with van der Waals surface area (Å²) in [4.78, 5) is 31.1. The molecule has 6 N–H and O–H groups in total. The highest BCUT2D eigenvalue weighted by Crippen LogP contribution is 2.34. The molecule has 3 rings (SSSR count). The smallest absolute Gasteiger partial charge is 0.350 e. The van der Waals surface area contributed by atoms with Gasteiger partial charge < -0.3 is 30.6 Å². The van der Waals surface area contributed by atoms with Gasteiger partial charge in [0.05, 0.1) is 11.5 Å². The van der Waals surface area contributed by atoms with Crippen molar-refractivity contribution in [2.75, 3.05) is 24.4 Å². The summed E-state index contributed by atoms with van der Waals surface area (Å²) in [6.45, 7) is 0.346. The Bertz CT molecular complexity index is 906. The summed E-state index contributed by atoms with van der Waals surface area (Å²) in [5, 5.41) is 1.91. The first-order valence-electron chi connectivity index (χ1n) is 6.80. The van der Waals surface area contributed by atoms with E-state index in [4.69, 9.17) is 26.0 Å². The zero-order valence-electron chi connectivity index (χ0n) is 12.4. The van der Waals surface area contributed by atoms with Crippen molar-refractivity contribution in [1.82, 2.24) is 19.5 Å². The molecular formula is C12H15N6O4PS. The number of hydrogen-bond acceptors (Lipinski definition) is 8. The van der Waals surface area contributed by atoms with Gasteiger partial charge in [0.2, 0.25) is 5.95 Å². The quantitative estimate of drug-likeness (QED) is 0.364. The number of imidazole rings is 1. The normalized spacial score (nSPS) is 12.1. The number of nitrogen functional groups attached to an aromatic ring is 2. The van der Waals surface area contributed by atoms with Crippen molar-refractivity contribution >= 4 is 41.9 Å². The van der Waals surface area contributed by atoms with Gasteiger partial charge in [0.15, 0.2) is 22.8 Å². The molecule has 0 fully saturated rings. The maximum Gasteiger partial charge on any atom is 0.350 e. The first-order chi connectivity index (χ1) is 11.3. The van der Waals surface area contributed by atoms with E-state index in [2.05, 4.69) is 15.0 Å². The second kappa shape index (κ2) is 6.46. The van der Waals surface area contributed by atoms with Gasteiger partial charge >= 0.3 is 7.60 Å². The minimum absolute atomic E-state index is 0.0232. The first kappa shape index (κ1) is 16.8. The second-order valence-corrected chi connectivity index (χ2v) is 7.44. The van der Waals surface area contributed by atoms with Crippen LogP contribution in [0.5, 0.6) is 0 Å². The summed E-state index contributed by atoms with van der Waals surface area (Å²) in [6.07, 6.45) is -0.646. The molecule has 0 aliphatic heterocycles. The molecule has 0 saturated carbocycles. The van der Waals surface area contributed by atoms with Crippen molar-refractivity contribution in [3.05, 3.63) is 17.5 Å². The third-order valence-electron chi connectivity index (χ3n) is 3.10. The summed E-state index contributed by atoms with van der Waals surface area (Å²) in [5.41, 5.74) is 12.4. The van der Waals surface area contributed by atoms with Crippen molar-refractivity contribution in [1.29, 1.82) is 0 Å². The lowest BCUT2D eigenvalue weighted by molar-refractivity contribution is 0.150. The lowest BCUT2D eigenvalue weighted by atomic mass is 10.4. The maximum atomic E-state index is 10.8. The molecule has 0 saturated heterocycles. The Kier molecular flexibility index (Phi) is 4.52. The van der Waals surface area contributed by atoms with Gasteiger partial charge in [0.25, 0.3) is 0 Å². The predicted molar refractivity (Wildman–Crippen MR) is 90.3 cm³/mol.